The van der Waals surface area contributed by atoms with Crippen molar-refractivity contribution in [3.8, 4) is 0 Å². The second kappa shape index (κ2) is 5.95. The molecule has 0 fully saturated rings. The highest BCUT2D eigenvalue weighted by Crippen LogP contribution is 2.47. The molecular formula is C17H32N4SSi2. The number of aromatic nitrogens is 4. The van der Waals surface area contributed by atoms with E-state index in [1.165, 1.54) is 0 Å². The van der Waals surface area contributed by atoms with Crippen LogP contribution in [0, 0.1) is 0 Å². The molecule has 0 aliphatic heterocycles. The third kappa shape index (κ3) is 3.35. The van der Waals surface area contributed by atoms with Gasteiger partial charge < -0.3 is 4.23 Å². The van der Waals surface area contributed by atoms with Crippen molar-refractivity contribution in [3.05, 3.63) is 12.7 Å². The number of imidazole rings is 1. The molecule has 0 aliphatic carbocycles. The van der Waals surface area contributed by atoms with Gasteiger partial charge in [0, 0.05) is 0 Å². The van der Waals surface area contributed by atoms with Gasteiger partial charge in [0.25, 0.3) is 0 Å². The van der Waals surface area contributed by atoms with Crippen LogP contribution in [0.3, 0.4) is 0 Å². The number of hydrogen-bond donors (Lipinski definition) is 0. The number of nitrogens with zero attached hydrogens (tertiary/aromatic N) is 4. The molecule has 4 nitrogen and oxygen atoms in total. The van der Waals surface area contributed by atoms with E-state index in [9.17, 15) is 0 Å². The Hall–Kier alpha value is -0.666. The molecule has 0 N–H and O–H groups in total. The Morgan fingerprint density at radius 3 is 1.96 bits per heavy atom. The molecule has 24 heavy (non-hydrogen) atoms. The third-order valence-corrected chi connectivity index (χ3v) is 19.7. The summed E-state index contributed by atoms with van der Waals surface area (Å²) in [7, 11) is -3.29. The first-order valence-corrected chi connectivity index (χ1v) is 16.0. The molecule has 2 heterocycles. The van der Waals surface area contributed by atoms with Gasteiger partial charge in [-0.2, -0.15) is 0 Å². The van der Waals surface area contributed by atoms with Gasteiger partial charge in [0.15, 0.2) is 13.9 Å². The molecule has 0 amide bonds. The number of hydrogen-bond acceptors (Lipinski definition) is 4. The van der Waals surface area contributed by atoms with E-state index in [-0.39, 0.29) is 5.04 Å². The van der Waals surface area contributed by atoms with Gasteiger partial charge in [-0.3, -0.25) is 0 Å². The van der Waals surface area contributed by atoms with Crippen LogP contribution in [-0.2, 0) is 0 Å². The first kappa shape index (κ1) is 19.7. The fourth-order valence-corrected chi connectivity index (χ4v) is 7.76. The molecule has 0 aromatic carbocycles. The maximum Gasteiger partial charge on any atom is 0.165 e. The van der Waals surface area contributed by atoms with Gasteiger partial charge >= 0.3 is 0 Å². The van der Waals surface area contributed by atoms with Crippen LogP contribution in [0.2, 0.25) is 36.3 Å². The highest BCUT2D eigenvalue weighted by Gasteiger charge is 2.40. The van der Waals surface area contributed by atoms with E-state index < -0.39 is 15.5 Å². The molecule has 0 aliphatic rings. The number of rotatable bonds is 3. The molecule has 134 valence electrons. The Balaban J connectivity index is 2.55. The van der Waals surface area contributed by atoms with Crippen molar-refractivity contribution >= 4 is 37.8 Å². The van der Waals surface area contributed by atoms with Crippen LogP contribution < -0.4 is 0 Å². The van der Waals surface area contributed by atoms with E-state index >= 15 is 0 Å². The standard InChI is InChI=1S/C17H32N4SSi2/c1-16(2,3)23(7,8)21-12-20-13-14(21)18-11-19-15(13)22-24(9,10)17(4,5)6/h11-12H,1-10H3. The van der Waals surface area contributed by atoms with Gasteiger partial charge in [0.2, 0.25) is 0 Å². The van der Waals surface area contributed by atoms with Gasteiger partial charge in [-0.1, -0.05) is 67.7 Å². The molecule has 2 aromatic heterocycles. The maximum atomic E-state index is 4.74. The Labute approximate surface area is 152 Å². The van der Waals surface area contributed by atoms with Crippen molar-refractivity contribution < 1.29 is 0 Å². The maximum absolute atomic E-state index is 4.74. The van der Waals surface area contributed by atoms with E-state index in [1.54, 1.807) is 6.33 Å². The first-order chi connectivity index (χ1) is 10.7. The molecule has 0 saturated carbocycles. The van der Waals surface area contributed by atoms with Gasteiger partial charge in [-0.05, 0) is 10.1 Å². The molecule has 0 saturated heterocycles. The van der Waals surface area contributed by atoms with Crippen LogP contribution in [0.1, 0.15) is 41.5 Å². The zero-order valence-electron chi connectivity index (χ0n) is 16.9. The summed E-state index contributed by atoms with van der Waals surface area (Å²) in [6.45, 7) is 23.5. The highest BCUT2D eigenvalue weighted by molar-refractivity contribution is 8.29. The van der Waals surface area contributed by atoms with Crippen LogP contribution in [0.4, 0.5) is 0 Å². The minimum atomic E-state index is -1.75. The molecule has 0 atom stereocenters. The SMILES string of the molecule is CC(C)(C)[Si](C)(C)Sc1ncnc2c1ncn2[Si](C)(C)C(C)(C)C. The molecule has 0 spiro atoms. The van der Waals surface area contributed by atoms with Crippen LogP contribution >= 0.6 is 11.2 Å². The minimum Gasteiger partial charge on any atom is -0.343 e. The fraction of sp³-hybridized carbons (Fsp3) is 0.706. The summed E-state index contributed by atoms with van der Waals surface area (Å²) in [5, 5.41) is 1.58. The molecule has 2 rings (SSSR count). The third-order valence-electron chi connectivity index (χ3n) is 5.90. The molecule has 0 unspecified atom stereocenters. The largest absolute Gasteiger partial charge is 0.343 e. The number of fused-ring (bicyclic) bond motifs is 1. The summed E-state index contributed by atoms with van der Waals surface area (Å²) in [5.74, 6) is 0. The lowest BCUT2D eigenvalue weighted by Crippen LogP contribution is -2.45. The zero-order chi connectivity index (χ0) is 18.6. The van der Waals surface area contributed by atoms with Crippen molar-refractivity contribution in [1.29, 1.82) is 0 Å². The molecular weight excluding hydrogens is 348 g/mol. The van der Waals surface area contributed by atoms with Gasteiger partial charge in [0.05, 0.1) is 6.33 Å². The zero-order valence-corrected chi connectivity index (χ0v) is 19.7. The summed E-state index contributed by atoms with van der Waals surface area (Å²) in [6.07, 6.45) is 3.70. The van der Waals surface area contributed by atoms with E-state index in [0.717, 1.165) is 16.2 Å². The van der Waals surface area contributed by atoms with Gasteiger partial charge in [-0.25, -0.2) is 15.0 Å². The second-order valence-electron chi connectivity index (χ2n) is 9.64. The smallest absolute Gasteiger partial charge is 0.165 e. The predicted octanol–water partition coefficient (Wildman–Crippen LogP) is 5.78. The summed E-state index contributed by atoms with van der Waals surface area (Å²) in [5.41, 5.74) is 1.97. The van der Waals surface area contributed by atoms with Crippen molar-refractivity contribution in [2.24, 2.45) is 0 Å². The average molecular weight is 381 g/mol. The highest BCUT2D eigenvalue weighted by atomic mass is 32.4. The van der Waals surface area contributed by atoms with Crippen LogP contribution in [0.15, 0.2) is 17.7 Å². The predicted molar refractivity (Wildman–Crippen MR) is 111 cm³/mol. The van der Waals surface area contributed by atoms with Crippen LogP contribution in [0.5, 0.6) is 0 Å². The van der Waals surface area contributed by atoms with Gasteiger partial charge in [-0.15, -0.1) is 11.2 Å². The summed E-state index contributed by atoms with van der Waals surface area (Å²) >= 11 is 1.94. The van der Waals surface area contributed by atoms with Crippen LogP contribution in [0.25, 0.3) is 11.2 Å². The fourth-order valence-electron chi connectivity index (χ4n) is 2.05. The molecule has 7 heteroatoms. The Morgan fingerprint density at radius 2 is 1.46 bits per heavy atom. The van der Waals surface area contributed by atoms with E-state index in [4.69, 9.17) is 4.98 Å². The normalized spacial score (nSPS) is 14.4. The lowest BCUT2D eigenvalue weighted by Gasteiger charge is -2.37. The van der Waals surface area contributed by atoms with Crippen molar-refractivity contribution in [3.63, 3.8) is 0 Å². The van der Waals surface area contributed by atoms with Crippen molar-refractivity contribution in [1.82, 2.24) is 19.2 Å². The van der Waals surface area contributed by atoms with E-state index in [1.807, 2.05) is 17.5 Å². The Kier molecular flexibility index (Phi) is 4.87. The van der Waals surface area contributed by atoms with E-state index in [0.29, 0.717) is 5.04 Å². The lowest BCUT2D eigenvalue weighted by atomic mass is 10.2. The summed E-state index contributed by atoms with van der Waals surface area (Å²) in [6, 6.07) is 0. The van der Waals surface area contributed by atoms with Crippen LogP contribution in [-0.4, -0.2) is 34.6 Å². The lowest BCUT2D eigenvalue weighted by molar-refractivity contribution is 0.701. The monoisotopic (exact) mass is 380 g/mol. The molecule has 0 radical (unpaired) electrons. The molecule has 0 bridgehead atoms. The minimum absolute atomic E-state index is 0.234. The Bertz CT molecular complexity index is 739. The summed E-state index contributed by atoms with van der Waals surface area (Å²) < 4.78 is 2.35. The van der Waals surface area contributed by atoms with Crippen molar-refractivity contribution in [2.75, 3.05) is 0 Å². The topological polar surface area (TPSA) is 43.6 Å². The second-order valence-corrected chi connectivity index (χ2v) is 23.5. The quantitative estimate of drug-likeness (QED) is 0.500. The van der Waals surface area contributed by atoms with Gasteiger partial charge in [0.1, 0.15) is 24.1 Å². The average Bonchev–Trinajstić information content (AvgIpc) is 2.81. The summed E-state index contributed by atoms with van der Waals surface area (Å²) in [4.78, 5) is 13.9. The van der Waals surface area contributed by atoms with E-state index in [2.05, 4.69) is 81.9 Å². The first-order valence-electron chi connectivity index (χ1n) is 8.56. The Morgan fingerprint density at radius 1 is 0.875 bits per heavy atom. The van der Waals surface area contributed by atoms with Crippen molar-refractivity contribution in [2.45, 2.75) is 82.8 Å². The molecule has 2 aromatic rings.